The number of carbonyl (C=O) groups excluding carboxylic acids is 1. The van der Waals surface area contributed by atoms with E-state index in [1.54, 1.807) is 0 Å². The number of rotatable bonds is 7. The van der Waals surface area contributed by atoms with Gasteiger partial charge in [0.25, 0.3) is 0 Å². The molecule has 0 aliphatic carbocycles. The quantitative estimate of drug-likeness (QED) is 0.778. The van der Waals surface area contributed by atoms with Crippen LogP contribution in [0.1, 0.15) is 26.2 Å². The monoisotopic (exact) mass is 292 g/mol. The zero-order valence-electron chi connectivity index (χ0n) is 12.6. The number of nitrogens with zero attached hydrogens (tertiary/aromatic N) is 1. The third-order valence-electron chi connectivity index (χ3n) is 3.52. The summed E-state index contributed by atoms with van der Waals surface area (Å²) in [4.78, 5) is 13.8. The molecule has 5 nitrogen and oxygen atoms in total. The van der Waals surface area contributed by atoms with Crippen LogP contribution in [-0.2, 0) is 4.79 Å². The number of ether oxygens (including phenoxy) is 2. The zero-order valence-corrected chi connectivity index (χ0v) is 12.6. The van der Waals surface area contributed by atoms with Gasteiger partial charge in [-0.05, 0) is 44.0 Å². The van der Waals surface area contributed by atoms with Crippen molar-refractivity contribution in [1.29, 1.82) is 0 Å². The molecule has 0 radical (unpaired) electrons. The number of carbonyl (C=O) groups is 1. The molecular weight excluding hydrogens is 268 g/mol. The van der Waals surface area contributed by atoms with Gasteiger partial charge in [-0.2, -0.15) is 0 Å². The number of hydrogen-bond acceptors (Lipinski definition) is 4. The maximum Gasteiger partial charge on any atom is 0.222 e. The van der Waals surface area contributed by atoms with E-state index in [1.165, 1.54) is 0 Å². The first-order valence-electron chi connectivity index (χ1n) is 7.58. The maximum absolute atomic E-state index is 11.9. The lowest BCUT2D eigenvalue weighted by Gasteiger charge is -2.15. The van der Waals surface area contributed by atoms with Crippen LogP contribution in [0.5, 0.6) is 11.5 Å². The van der Waals surface area contributed by atoms with Crippen molar-refractivity contribution >= 4 is 5.91 Å². The van der Waals surface area contributed by atoms with Crippen LogP contribution in [0, 0.1) is 0 Å². The Morgan fingerprint density at radius 2 is 1.95 bits per heavy atom. The lowest BCUT2D eigenvalue weighted by Crippen LogP contribution is -2.31. The molecule has 1 aromatic rings. The number of likely N-dealkylation sites (tertiary alicyclic amines) is 1. The summed E-state index contributed by atoms with van der Waals surface area (Å²) in [5.41, 5.74) is 5.80. The van der Waals surface area contributed by atoms with Gasteiger partial charge in [0.05, 0.1) is 13.2 Å². The van der Waals surface area contributed by atoms with Crippen molar-refractivity contribution in [1.82, 2.24) is 4.90 Å². The standard InChI is InChI=1S/C16H24N2O3/c1-2-20-14-5-7-15(8-6-14)21-11-3-4-16(19)18-10-9-13(17)12-18/h5-8,13H,2-4,9-12,17H2,1H3/t13-/m1/s1. The minimum Gasteiger partial charge on any atom is -0.494 e. The van der Waals surface area contributed by atoms with E-state index >= 15 is 0 Å². The van der Waals surface area contributed by atoms with Crippen LogP contribution in [0.15, 0.2) is 24.3 Å². The SMILES string of the molecule is CCOc1ccc(OCCCC(=O)N2CC[C@@H](N)C2)cc1. The second-order valence-electron chi connectivity index (χ2n) is 5.24. The van der Waals surface area contributed by atoms with Gasteiger partial charge < -0.3 is 20.1 Å². The highest BCUT2D eigenvalue weighted by atomic mass is 16.5. The zero-order chi connectivity index (χ0) is 15.1. The van der Waals surface area contributed by atoms with Crippen LogP contribution in [0.3, 0.4) is 0 Å². The van der Waals surface area contributed by atoms with Gasteiger partial charge in [-0.1, -0.05) is 0 Å². The second kappa shape index (κ2) is 7.88. The summed E-state index contributed by atoms with van der Waals surface area (Å²) < 4.78 is 11.0. The average Bonchev–Trinajstić information content (AvgIpc) is 2.92. The molecule has 21 heavy (non-hydrogen) atoms. The highest BCUT2D eigenvalue weighted by molar-refractivity contribution is 5.76. The average molecular weight is 292 g/mol. The lowest BCUT2D eigenvalue weighted by molar-refractivity contribution is -0.130. The fraction of sp³-hybridized carbons (Fsp3) is 0.562. The van der Waals surface area contributed by atoms with Gasteiger partial charge in [-0.3, -0.25) is 4.79 Å². The minimum atomic E-state index is 0.147. The van der Waals surface area contributed by atoms with Gasteiger partial charge in [0.2, 0.25) is 5.91 Å². The predicted molar refractivity (Wildman–Crippen MR) is 81.5 cm³/mol. The summed E-state index contributed by atoms with van der Waals surface area (Å²) in [7, 11) is 0. The molecule has 1 aromatic carbocycles. The van der Waals surface area contributed by atoms with E-state index < -0.39 is 0 Å². The molecule has 0 saturated carbocycles. The molecule has 0 spiro atoms. The molecule has 1 heterocycles. The van der Waals surface area contributed by atoms with Gasteiger partial charge >= 0.3 is 0 Å². The Kier molecular flexibility index (Phi) is 5.87. The van der Waals surface area contributed by atoms with E-state index in [-0.39, 0.29) is 11.9 Å². The van der Waals surface area contributed by atoms with Crippen LogP contribution in [0.25, 0.3) is 0 Å². The summed E-state index contributed by atoms with van der Waals surface area (Å²) in [6.07, 6.45) is 2.15. The van der Waals surface area contributed by atoms with Gasteiger partial charge in [-0.25, -0.2) is 0 Å². The van der Waals surface area contributed by atoms with Crippen LogP contribution in [0.2, 0.25) is 0 Å². The van der Waals surface area contributed by atoms with Crippen molar-refractivity contribution in [3.63, 3.8) is 0 Å². The third kappa shape index (κ3) is 4.93. The van der Waals surface area contributed by atoms with Gasteiger partial charge in [0.15, 0.2) is 0 Å². The molecule has 1 aliphatic heterocycles. The molecule has 116 valence electrons. The van der Waals surface area contributed by atoms with Crippen molar-refractivity contribution < 1.29 is 14.3 Å². The Hall–Kier alpha value is -1.75. The molecule has 1 atom stereocenters. The molecule has 0 bridgehead atoms. The van der Waals surface area contributed by atoms with E-state index in [9.17, 15) is 4.79 Å². The largest absolute Gasteiger partial charge is 0.494 e. The summed E-state index contributed by atoms with van der Waals surface area (Å²) in [6.45, 7) is 4.63. The van der Waals surface area contributed by atoms with E-state index in [0.29, 0.717) is 26.2 Å². The molecule has 5 heteroatoms. The number of benzene rings is 1. The van der Waals surface area contributed by atoms with Crippen molar-refractivity contribution in [3.05, 3.63) is 24.3 Å². The van der Waals surface area contributed by atoms with Crippen LogP contribution in [0.4, 0.5) is 0 Å². The van der Waals surface area contributed by atoms with E-state index in [1.807, 2.05) is 36.1 Å². The minimum absolute atomic E-state index is 0.147. The third-order valence-corrected chi connectivity index (χ3v) is 3.52. The number of amides is 1. The van der Waals surface area contributed by atoms with Crippen molar-refractivity contribution in [2.75, 3.05) is 26.3 Å². The van der Waals surface area contributed by atoms with Crippen molar-refractivity contribution in [2.24, 2.45) is 5.73 Å². The number of nitrogens with two attached hydrogens (primary N) is 1. The van der Waals surface area contributed by atoms with Crippen LogP contribution in [-0.4, -0.2) is 43.2 Å². The van der Waals surface area contributed by atoms with E-state index in [2.05, 4.69) is 0 Å². The molecule has 1 aliphatic rings. The molecule has 1 fully saturated rings. The smallest absolute Gasteiger partial charge is 0.222 e. The summed E-state index contributed by atoms with van der Waals surface area (Å²) >= 11 is 0. The van der Waals surface area contributed by atoms with Crippen molar-refractivity contribution in [2.45, 2.75) is 32.2 Å². The molecular formula is C16H24N2O3. The Balaban J connectivity index is 1.64. The second-order valence-corrected chi connectivity index (χ2v) is 5.24. The topological polar surface area (TPSA) is 64.8 Å². The van der Waals surface area contributed by atoms with Crippen molar-refractivity contribution in [3.8, 4) is 11.5 Å². The Bertz CT molecular complexity index is 447. The molecule has 0 aromatic heterocycles. The normalized spacial score (nSPS) is 17.8. The van der Waals surface area contributed by atoms with Gasteiger partial charge in [0.1, 0.15) is 11.5 Å². The van der Waals surface area contributed by atoms with Crippen LogP contribution >= 0.6 is 0 Å². The molecule has 2 rings (SSSR count). The Morgan fingerprint density at radius 1 is 1.29 bits per heavy atom. The first-order chi connectivity index (χ1) is 10.2. The Labute approximate surface area is 126 Å². The van der Waals surface area contributed by atoms with E-state index in [4.69, 9.17) is 15.2 Å². The number of hydrogen-bond donors (Lipinski definition) is 1. The molecule has 0 unspecified atom stereocenters. The van der Waals surface area contributed by atoms with Crippen LogP contribution < -0.4 is 15.2 Å². The predicted octanol–water partition coefficient (Wildman–Crippen LogP) is 1.80. The summed E-state index contributed by atoms with van der Waals surface area (Å²) in [6, 6.07) is 7.68. The highest BCUT2D eigenvalue weighted by Gasteiger charge is 2.22. The molecule has 1 amide bonds. The summed E-state index contributed by atoms with van der Waals surface area (Å²) in [5.74, 6) is 1.82. The molecule has 2 N–H and O–H groups in total. The van der Waals surface area contributed by atoms with Gasteiger partial charge in [0, 0.05) is 25.6 Å². The Morgan fingerprint density at radius 3 is 2.52 bits per heavy atom. The fourth-order valence-corrected chi connectivity index (χ4v) is 2.38. The highest BCUT2D eigenvalue weighted by Crippen LogP contribution is 2.18. The first-order valence-corrected chi connectivity index (χ1v) is 7.58. The maximum atomic E-state index is 11.9. The first kappa shape index (κ1) is 15.6. The molecule has 1 saturated heterocycles. The lowest BCUT2D eigenvalue weighted by atomic mass is 10.3. The fourth-order valence-electron chi connectivity index (χ4n) is 2.38. The van der Waals surface area contributed by atoms with Gasteiger partial charge in [-0.15, -0.1) is 0 Å². The van der Waals surface area contributed by atoms with E-state index in [0.717, 1.165) is 30.9 Å². The summed E-state index contributed by atoms with van der Waals surface area (Å²) in [5, 5.41) is 0.